The highest BCUT2D eigenvalue weighted by atomic mass is 35.5. The molecule has 34 heavy (non-hydrogen) atoms. The predicted octanol–water partition coefficient (Wildman–Crippen LogP) is 4.88. The van der Waals surface area contributed by atoms with Crippen LogP contribution >= 0.6 is 11.6 Å². The number of ketones is 1. The highest BCUT2D eigenvalue weighted by Crippen LogP contribution is 2.53. The van der Waals surface area contributed by atoms with Crippen LogP contribution in [0.3, 0.4) is 0 Å². The van der Waals surface area contributed by atoms with Gasteiger partial charge in [-0.15, -0.1) is 0 Å². The molecular weight excluding hydrogens is 455 g/mol. The van der Waals surface area contributed by atoms with Crippen molar-refractivity contribution in [1.29, 1.82) is 0 Å². The fraction of sp³-hybridized carbons (Fsp3) is 0.148. The summed E-state index contributed by atoms with van der Waals surface area (Å²) in [5.74, 6) is -3.77. The number of anilines is 1. The third kappa shape index (κ3) is 2.88. The summed E-state index contributed by atoms with van der Waals surface area (Å²) in [5, 5.41) is 0.489. The summed E-state index contributed by atoms with van der Waals surface area (Å²) in [5.41, 5.74) is 2.09. The molecule has 0 spiro atoms. The summed E-state index contributed by atoms with van der Waals surface area (Å²) in [6.07, 6.45) is 3.68. The minimum Gasteiger partial charge on any atom is -0.358 e. The third-order valence-electron chi connectivity index (χ3n) is 6.95. The standard InChI is InChI=1S/C27H18ClFN2O3/c28-17-11-9-16(10-12-17)25(32)24-22-21(23-18-6-2-1-5-15(18)13-14-30(23)24)26(33)31(27(22)34)20-8-4-3-7-19(20)29/h1-14,21-24H/t21-,22+,23?,24-/m0/s1. The third-order valence-corrected chi connectivity index (χ3v) is 7.20. The van der Waals surface area contributed by atoms with E-state index in [1.807, 2.05) is 35.2 Å². The van der Waals surface area contributed by atoms with Crippen LogP contribution in [0.1, 0.15) is 27.5 Å². The Labute approximate surface area is 200 Å². The van der Waals surface area contributed by atoms with E-state index in [1.165, 1.54) is 18.2 Å². The second-order valence-electron chi connectivity index (χ2n) is 8.67. The lowest BCUT2D eigenvalue weighted by Crippen LogP contribution is -2.44. The van der Waals surface area contributed by atoms with Crippen molar-refractivity contribution < 1.29 is 18.8 Å². The number of rotatable bonds is 3. The molecule has 2 amide bonds. The summed E-state index contributed by atoms with van der Waals surface area (Å²) < 4.78 is 14.6. The van der Waals surface area contributed by atoms with Gasteiger partial charge in [-0.1, -0.05) is 48.0 Å². The van der Waals surface area contributed by atoms with Gasteiger partial charge in [-0.2, -0.15) is 0 Å². The Morgan fingerprint density at radius 2 is 1.53 bits per heavy atom. The normalized spacial score (nSPS) is 24.8. The van der Waals surface area contributed by atoms with Gasteiger partial charge < -0.3 is 4.90 Å². The Bertz CT molecular complexity index is 1390. The Kier molecular flexibility index (Phi) is 4.67. The number of amides is 2. The number of benzene rings is 3. The van der Waals surface area contributed by atoms with Crippen LogP contribution in [0, 0.1) is 17.7 Å². The van der Waals surface area contributed by atoms with Gasteiger partial charge in [-0.3, -0.25) is 14.4 Å². The van der Waals surface area contributed by atoms with Crippen LogP contribution in [0.2, 0.25) is 5.02 Å². The molecule has 0 N–H and O–H groups in total. The number of carbonyl (C=O) groups excluding carboxylic acids is 3. The number of imide groups is 1. The maximum absolute atomic E-state index is 14.6. The average Bonchev–Trinajstić information content (AvgIpc) is 3.32. The quantitative estimate of drug-likeness (QED) is 0.403. The molecule has 6 rings (SSSR count). The number of fused-ring (bicyclic) bond motifs is 5. The molecule has 4 atom stereocenters. The topological polar surface area (TPSA) is 57.7 Å². The number of Topliss-reactive ketones (excluding diaryl/α,β-unsaturated/α-hetero) is 1. The molecule has 3 aliphatic rings. The second-order valence-corrected chi connectivity index (χ2v) is 9.10. The summed E-state index contributed by atoms with van der Waals surface area (Å²) in [7, 11) is 0. The summed E-state index contributed by atoms with van der Waals surface area (Å²) >= 11 is 6.00. The monoisotopic (exact) mass is 472 g/mol. The van der Waals surface area contributed by atoms with E-state index < -0.39 is 41.6 Å². The molecule has 0 aliphatic carbocycles. The van der Waals surface area contributed by atoms with Crippen LogP contribution < -0.4 is 4.90 Å². The van der Waals surface area contributed by atoms with Gasteiger partial charge in [0, 0.05) is 16.8 Å². The number of para-hydroxylation sites is 1. The molecule has 3 aliphatic heterocycles. The van der Waals surface area contributed by atoms with E-state index in [9.17, 15) is 18.8 Å². The molecule has 0 bridgehead atoms. The lowest BCUT2D eigenvalue weighted by atomic mass is 9.83. The predicted molar refractivity (Wildman–Crippen MR) is 125 cm³/mol. The largest absolute Gasteiger partial charge is 0.358 e. The zero-order valence-corrected chi connectivity index (χ0v) is 18.5. The van der Waals surface area contributed by atoms with E-state index in [1.54, 1.807) is 36.5 Å². The van der Waals surface area contributed by atoms with Crippen molar-refractivity contribution in [1.82, 2.24) is 4.90 Å². The van der Waals surface area contributed by atoms with Crippen LogP contribution in [0.15, 0.2) is 79.0 Å². The average molecular weight is 473 g/mol. The fourth-order valence-electron chi connectivity index (χ4n) is 5.51. The number of nitrogens with zero attached hydrogens (tertiary/aromatic N) is 2. The van der Waals surface area contributed by atoms with Gasteiger partial charge in [0.15, 0.2) is 5.78 Å². The van der Waals surface area contributed by atoms with Crippen molar-refractivity contribution >= 4 is 41.0 Å². The molecule has 5 nitrogen and oxygen atoms in total. The van der Waals surface area contributed by atoms with Crippen molar-refractivity contribution in [3.8, 4) is 0 Å². The first-order valence-electron chi connectivity index (χ1n) is 10.9. The van der Waals surface area contributed by atoms with E-state index in [4.69, 9.17) is 11.6 Å². The molecule has 0 saturated carbocycles. The first-order chi connectivity index (χ1) is 16.5. The molecule has 2 saturated heterocycles. The Hall–Kier alpha value is -3.77. The summed E-state index contributed by atoms with van der Waals surface area (Å²) in [6, 6.07) is 18.4. The Balaban J connectivity index is 1.51. The fourth-order valence-corrected chi connectivity index (χ4v) is 5.64. The molecule has 0 radical (unpaired) electrons. The Morgan fingerprint density at radius 3 is 2.29 bits per heavy atom. The molecule has 3 heterocycles. The van der Waals surface area contributed by atoms with Gasteiger partial charge in [-0.25, -0.2) is 9.29 Å². The number of carbonyl (C=O) groups is 3. The molecule has 3 aromatic carbocycles. The molecule has 168 valence electrons. The van der Waals surface area contributed by atoms with Crippen LogP contribution in [-0.2, 0) is 9.59 Å². The van der Waals surface area contributed by atoms with Crippen molar-refractivity contribution in [2.24, 2.45) is 11.8 Å². The maximum Gasteiger partial charge on any atom is 0.240 e. The zero-order chi connectivity index (χ0) is 23.6. The molecule has 3 aromatic rings. The lowest BCUT2D eigenvalue weighted by Gasteiger charge is -2.35. The van der Waals surface area contributed by atoms with E-state index in [2.05, 4.69) is 0 Å². The smallest absolute Gasteiger partial charge is 0.240 e. The van der Waals surface area contributed by atoms with Crippen LogP contribution in [0.4, 0.5) is 10.1 Å². The Morgan fingerprint density at radius 1 is 0.853 bits per heavy atom. The van der Waals surface area contributed by atoms with E-state index in [0.29, 0.717) is 10.6 Å². The summed E-state index contributed by atoms with van der Waals surface area (Å²) in [4.78, 5) is 43.9. The van der Waals surface area contributed by atoms with E-state index >= 15 is 0 Å². The zero-order valence-electron chi connectivity index (χ0n) is 17.8. The minimum absolute atomic E-state index is 0.0872. The number of hydrogen-bond acceptors (Lipinski definition) is 4. The van der Waals surface area contributed by atoms with E-state index in [-0.39, 0.29) is 11.5 Å². The highest BCUT2D eigenvalue weighted by Gasteiger charge is 2.64. The van der Waals surface area contributed by atoms with Gasteiger partial charge in [0.05, 0.1) is 23.6 Å². The number of halogens is 2. The molecule has 0 aromatic heterocycles. The van der Waals surface area contributed by atoms with Gasteiger partial charge >= 0.3 is 0 Å². The number of hydrogen-bond donors (Lipinski definition) is 0. The first-order valence-corrected chi connectivity index (χ1v) is 11.3. The molecule has 7 heteroatoms. The highest BCUT2D eigenvalue weighted by molar-refractivity contribution is 6.30. The van der Waals surface area contributed by atoms with Gasteiger partial charge in [0.2, 0.25) is 11.8 Å². The van der Waals surface area contributed by atoms with Crippen LogP contribution in [-0.4, -0.2) is 28.5 Å². The van der Waals surface area contributed by atoms with E-state index in [0.717, 1.165) is 16.0 Å². The molecule has 2 fully saturated rings. The van der Waals surface area contributed by atoms with Gasteiger partial charge in [-0.05, 0) is 53.6 Å². The van der Waals surface area contributed by atoms with Gasteiger partial charge in [0.25, 0.3) is 0 Å². The first kappa shape index (κ1) is 20.8. The van der Waals surface area contributed by atoms with Crippen molar-refractivity contribution in [2.75, 3.05) is 4.90 Å². The van der Waals surface area contributed by atoms with Gasteiger partial charge in [0.1, 0.15) is 11.9 Å². The SMILES string of the molecule is O=C(c1ccc(Cl)cc1)[C@@H]1[C@@H]2C(=O)N(c3ccccc3F)C(=O)[C@@H]2C2c3ccccc3C=CN21. The lowest BCUT2D eigenvalue weighted by molar-refractivity contribution is -0.123. The second kappa shape index (κ2) is 7.64. The van der Waals surface area contributed by atoms with Crippen molar-refractivity contribution in [3.63, 3.8) is 0 Å². The van der Waals surface area contributed by atoms with Crippen molar-refractivity contribution in [2.45, 2.75) is 12.1 Å². The summed E-state index contributed by atoms with van der Waals surface area (Å²) in [6.45, 7) is 0. The van der Waals surface area contributed by atoms with Crippen LogP contribution in [0.25, 0.3) is 6.08 Å². The van der Waals surface area contributed by atoms with Crippen molar-refractivity contribution in [3.05, 3.63) is 107 Å². The maximum atomic E-state index is 14.6. The molecule has 1 unspecified atom stereocenters. The minimum atomic E-state index is -0.948. The molecular formula is C27H18ClFN2O3. The van der Waals surface area contributed by atoms with Crippen LogP contribution in [0.5, 0.6) is 0 Å².